The number of aromatic nitrogens is 1. The van der Waals surface area contributed by atoms with Gasteiger partial charge in [0.25, 0.3) is 0 Å². The summed E-state index contributed by atoms with van der Waals surface area (Å²) in [4.78, 5) is 3.95. The predicted octanol–water partition coefficient (Wildman–Crippen LogP) is 3.42. The van der Waals surface area contributed by atoms with Crippen molar-refractivity contribution < 1.29 is 13.2 Å². The number of rotatable bonds is 2. The normalized spacial score (nSPS) is 11.1. The molecule has 1 aromatic carbocycles. The van der Waals surface area contributed by atoms with Crippen LogP contribution < -0.4 is 5.73 Å². The van der Waals surface area contributed by atoms with E-state index in [0.717, 1.165) is 6.07 Å². The number of alkyl halides is 3. The first-order valence-corrected chi connectivity index (χ1v) is 5.72. The SMILES string of the molecule is N#CCc1ccc(-c2ccccc2C(F)(F)F)c(N)n1. The average Bonchev–Trinajstić information content (AvgIpc) is 2.38. The first-order chi connectivity index (χ1) is 9.43. The Morgan fingerprint density at radius 3 is 2.40 bits per heavy atom. The summed E-state index contributed by atoms with van der Waals surface area (Å²) >= 11 is 0. The second-order valence-corrected chi connectivity index (χ2v) is 4.11. The summed E-state index contributed by atoms with van der Waals surface area (Å²) in [6.45, 7) is 0. The van der Waals surface area contributed by atoms with Gasteiger partial charge in [-0.15, -0.1) is 0 Å². The molecule has 2 aromatic rings. The van der Waals surface area contributed by atoms with Crippen LogP contribution in [-0.2, 0) is 12.6 Å². The van der Waals surface area contributed by atoms with Crippen LogP contribution >= 0.6 is 0 Å². The standard InChI is InChI=1S/C14H10F3N3/c15-14(16,17)12-4-2-1-3-10(12)11-6-5-9(7-8-18)20-13(11)19/h1-6H,7H2,(H2,19,20). The lowest BCUT2D eigenvalue weighted by atomic mass is 9.99. The summed E-state index contributed by atoms with van der Waals surface area (Å²) in [6.07, 6.45) is -4.40. The molecular weight excluding hydrogens is 267 g/mol. The molecule has 0 aliphatic rings. The lowest BCUT2D eigenvalue weighted by Crippen LogP contribution is -2.08. The van der Waals surface area contributed by atoms with Gasteiger partial charge in [0.1, 0.15) is 5.82 Å². The van der Waals surface area contributed by atoms with Crippen molar-refractivity contribution >= 4 is 5.82 Å². The minimum atomic E-state index is -4.46. The highest BCUT2D eigenvalue weighted by molar-refractivity contribution is 5.76. The van der Waals surface area contributed by atoms with Crippen LogP contribution in [0.3, 0.4) is 0 Å². The molecule has 0 bridgehead atoms. The van der Waals surface area contributed by atoms with E-state index in [-0.39, 0.29) is 23.4 Å². The van der Waals surface area contributed by atoms with Crippen molar-refractivity contribution in [1.82, 2.24) is 4.98 Å². The van der Waals surface area contributed by atoms with Gasteiger partial charge in [0.05, 0.1) is 23.7 Å². The zero-order valence-corrected chi connectivity index (χ0v) is 10.3. The fraction of sp³-hybridized carbons (Fsp3) is 0.143. The largest absolute Gasteiger partial charge is 0.417 e. The molecule has 2 rings (SSSR count). The number of hydrogen-bond donors (Lipinski definition) is 1. The average molecular weight is 277 g/mol. The van der Waals surface area contributed by atoms with Gasteiger partial charge in [0, 0.05) is 5.56 Å². The maximum absolute atomic E-state index is 13.0. The molecule has 102 valence electrons. The predicted molar refractivity (Wildman–Crippen MR) is 68.4 cm³/mol. The maximum atomic E-state index is 13.0. The van der Waals surface area contributed by atoms with Gasteiger partial charge in [0.2, 0.25) is 0 Å². The van der Waals surface area contributed by atoms with E-state index >= 15 is 0 Å². The molecule has 2 N–H and O–H groups in total. The number of hydrogen-bond acceptors (Lipinski definition) is 3. The highest BCUT2D eigenvalue weighted by atomic mass is 19.4. The van der Waals surface area contributed by atoms with Crippen LogP contribution in [0.5, 0.6) is 0 Å². The smallest absolute Gasteiger partial charge is 0.383 e. The summed E-state index contributed by atoms with van der Waals surface area (Å²) in [6, 6.07) is 10.0. The van der Waals surface area contributed by atoms with Crippen LogP contribution in [0.25, 0.3) is 11.1 Å². The fourth-order valence-corrected chi connectivity index (χ4v) is 1.89. The van der Waals surface area contributed by atoms with Gasteiger partial charge in [-0.2, -0.15) is 18.4 Å². The molecule has 0 radical (unpaired) electrons. The molecular formula is C14H10F3N3. The monoisotopic (exact) mass is 277 g/mol. The van der Waals surface area contributed by atoms with Crippen LogP contribution in [0, 0.1) is 11.3 Å². The second kappa shape index (κ2) is 5.21. The van der Waals surface area contributed by atoms with E-state index in [9.17, 15) is 13.2 Å². The van der Waals surface area contributed by atoms with E-state index in [2.05, 4.69) is 4.98 Å². The molecule has 20 heavy (non-hydrogen) atoms. The lowest BCUT2D eigenvalue weighted by Gasteiger charge is -2.14. The van der Waals surface area contributed by atoms with Crippen molar-refractivity contribution in [2.45, 2.75) is 12.6 Å². The number of nitrogen functional groups attached to an aromatic ring is 1. The maximum Gasteiger partial charge on any atom is 0.417 e. The summed E-state index contributed by atoms with van der Waals surface area (Å²) in [7, 11) is 0. The summed E-state index contributed by atoms with van der Waals surface area (Å²) in [5.41, 5.74) is 5.56. The fourth-order valence-electron chi connectivity index (χ4n) is 1.89. The Hall–Kier alpha value is -2.55. The van der Waals surface area contributed by atoms with E-state index < -0.39 is 11.7 Å². The van der Waals surface area contributed by atoms with Gasteiger partial charge >= 0.3 is 6.18 Å². The molecule has 0 aliphatic carbocycles. The van der Waals surface area contributed by atoms with E-state index in [1.807, 2.05) is 6.07 Å². The third-order valence-corrected chi connectivity index (χ3v) is 2.77. The van der Waals surface area contributed by atoms with Crippen LogP contribution in [-0.4, -0.2) is 4.98 Å². The highest BCUT2D eigenvalue weighted by Crippen LogP contribution is 2.38. The zero-order chi connectivity index (χ0) is 14.8. The lowest BCUT2D eigenvalue weighted by molar-refractivity contribution is -0.137. The van der Waals surface area contributed by atoms with Crippen molar-refractivity contribution in [2.75, 3.05) is 5.73 Å². The minimum Gasteiger partial charge on any atom is -0.383 e. The van der Waals surface area contributed by atoms with E-state index in [4.69, 9.17) is 11.0 Å². The van der Waals surface area contributed by atoms with Gasteiger partial charge in [-0.1, -0.05) is 18.2 Å². The minimum absolute atomic E-state index is 0.0190. The van der Waals surface area contributed by atoms with Gasteiger partial charge in [0.15, 0.2) is 0 Å². The van der Waals surface area contributed by atoms with Crippen LogP contribution in [0.4, 0.5) is 19.0 Å². The van der Waals surface area contributed by atoms with Crippen molar-refractivity contribution in [3.05, 3.63) is 47.7 Å². The molecule has 0 unspecified atom stereocenters. The van der Waals surface area contributed by atoms with Crippen LogP contribution in [0.15, 0.2) is 36.4 Å². The molecule has 0 fully saturated rings. The Morgan fingerprint density at radius 2 is 1.80 bits per heavy atom. The van der Waals surface area contributed by atoms with Gasteiger partial charge in [-0.3, -0.25) is 0 Å². The zero-order valence-electron chi connectivity index (χ0n) is 10.3. The molecule has 6 heteroatoms. The number of nitrogens with zero attached hydrogens (tertiary/aromatic N) is 2. The number of nitriles is 1. The van der Waals surface area contributed by atoms with Crippen LogP contribution in [0.1, 0.15) is 11.3 Å². The Morgan fingerprint density at radius 1 is 1.10 bits per heavy atom. The molecule has 0 atom stereocenters. The highest BCUT2D eigenvalue weighted by Gasteiger charge is 2.33. The van der Waals surface area contributed by atoms with E-state index in [0.29, 0.717) is 5.69 Å². The van der Waals surface area contributed by atoms with Gasteiger partial charge in [-0.25, -0.2) is 4.98 Å². The number of benzene rings is 1. The van der Waals surface area contributed by atoms with E-state index in [1.54, 1.807) is 0 Å². The first kappa shape index (κ1) is 13.9. The number of pyridine rings is 1. The van der Waals surface area contributed by atoms with Crippen molar-refractivity contribution in [1.29, 1.82) is 5.26 Å². The molecule has 0 spiro atoms. The number of halogens is 3. The molecule has 1 heterocycles. The van der Waals surface area contributed by atoms with Crippen molar-refractivity contribution in [3.8, 4) is 17.2 Å². The Bertz CT molecular complexity index is 672. The van der Waals surface area contributed by atoms with Crippen LogP contribution in [0.2, 0.25) is 0 Å². The number of nitrogens with two attached hydrogens (primary N) is 1. The van der Waals surface area contributed by atoms with Crippen molar-refractivity contribution in [3.63, 3.8) is 0 Å². The summed E-state index contributed by atoms with van der Waals surface area (Å²) < 4.78 is 38.9. The second-order valence-electron chi connectivity index (χ2n) is 4.11. The quantitative estimate of drug-likeness (QED) is 0.914. The topological polar surface area (TPSA) is 62.7 Å². The summed E-state index contributed by atoms with van der Waals surface area (Å²) in [5, 5.41) is 8.57. The molecule has 0 aliphatic heterocycles. The first-order valence-electron chi connectivity index (χ1n) is 5.72. The Kier molecular flexibility index (Phi) is 3.61. The molecule has 0 saturated carbocycles. The van der Waals surface area contributed by atoms with Gasteiger partial charge in [-0.05, 0) is 23.8 Å². The molecule has 0 saturated heterocycles. The Labute approximate surface area is 113 Å². The third kappa shape index (κ3) is 2.72. The van der Waals surface area contributed by atoms with Gasteiger partial charge < -0.3 is 5.73 Å². The summed E-state index contributed by atoms with van der Waals surface area (Å²) in [5.74, 6) is -0.0190. The molecule has 1 aromatic heterocycles. The molecule has 3 nitrogen and oxygen atoms in total. The molecule has 0 amide bonds. The Balaban J connectivity index is 2.56. The van der Waals surface area contributed by atoms with Crippen molar-refractivity contribution in [2.24, 2.45) is 0 Å². The van der Waals surface area contributed by atoms with E-state index in [1.165, 1.54) is 30.3 Å². The number of anilines is 1. The third-order valence-electron chi connectivity index (χ3n) is 2.77.